The summed E-state index contributed by atoms with van der Waals surface area (Å²) >= 11 is 0. The normalized spacial score (nSPS) is 20.2. The van der Waals surface area contributed by atoms with Crippen molar-refractivity contribution in [2.24, 2.45) is 0 Å². The minimum atomic E-state index is 0.0237. The predicted molar refractivity (Wildman–Crippen MR) is 73.5 cm³/mol. The Morgan fingerprint density at radius 1 is 1.39 bits per heavy atom. The van der Waals surface area contributed by atoms with Crippen LogP contribution in [-0.2, 0) is 11.2 Å². The van der Waals surface area contributed by atoms with Crippen molar-refractivity contribution in [1.82, 2.24) is 10.2 Å². The number of rotatable bonds is 4. The molecule has 0 spiro atoms. The average Bonchev–Trinajstić information content (AvgIpc) is 2.39. The number of hydrogen-bond donors (Lipinski definition) is 1. The molecule has 0 aromatic heterocycles. The summed E-state index contributed by atoms with van der Waals surface area (Å²) in [6.45, 7) is 3.87. The number of likely N-dealkylation sites (N-methyl/N-ethyl adjacent to an activating group) is 1. The van der Waals surface area contributed by atoms with Gasteiger partial charge in [0, 0.05) is 13.1 Å². The van der Waals surface area contributed by atoms with Crippen molar-refractivity contribution in [2.45, 2.75) is 32.2 Å². The maximum absolute atomic E-state index is 12.1. The van der Waals surface area contributed by atoms with Crippen LogP contribution in [0.3, 0.4) is 0 Å². The van der Waals surface area contributed by atoms with Crippen LogP contribution in [0.25, 0.3) is 0 Å². The molecule has 1 amide bonds. The summed E-state index contributed by atoms with van der Waals surface area (Å²) in [5, 5.41) is 3.10. The third-order valence-electron chi connectivity index (χ3n) is 3.79. The Morgan fingerprint density at radius 3 is 2.89 bits per heavy atom. The Kier molecular flexibility index (Phi) is 4.37. The molecular weight excluding hydrogens is 224 g/mol. The van der Waals surface area contributed by atoms with Crippen molar-refractivity contribution in [3.05, 3.63) is 35.4 Å². The van der Waals surface area contributed by atoms with Gasteiger partial charge in [-0.2, -0.15) is 0 Å². The monoisotopic (exact) mass is 246 g/mol. The molecule has 1 unspecified atom stereocenters. The van der Waals surface area contributed by atoms with Crippen LogP contribution in [0.5, 0.6) is 0 Å². The zero-order valence-electron chi connectivity index (χ0n) is 11.3. The molecule has 1 aromatic carbocycles. The van der Waals surface area contributed by atoms with Crippen molar-refractivity contribution in [3.63, 3.8) is 0 Å². The smallest absolute Gasteiger partial charge is 0.239 e. The summed E-state index contributed by atoms with van der Waals surface area (Å²) in [6.07, 6.45) is 3.02. The molecule has 1 heterocycles. The molecule has 98 valence electrons. The fraction of sp³-hybridized carbons (Fsp3) is 0.533. The van der Waals surface area contributed by atoms with Crippen LogP contribution in [0.1, 0.15) is 24.0 Å². The molecule has 1 saturated heterocycles. The number of nitrogens with zero attached hydrogens (tertiary/aromatic N) is 1. The first-order chi connectivity index (χ1) is 8.72. The zero-order chi connectivity index (χ0) is 13.0. The Morgan fingerprint density at radius 2 is 2.17 bits per heavy atom. The lowest BCUT2D eigenvalue weighted by Gasteiger charge is -2.32. The van der Waals surface area contributed by atoms with Gasteiger partial charge in [-0.15, -0.1) is 0 Å². The molecule has 0 radical (unpaired) electrons. The molecule has 1 N–H and O–H groups in total. The lowest BCUT2D eigenvalue weighted by molar-refractivity contribution is -0.135. The molecule has 1 aliphatic heterocycles. The van der Waals surface area contributed by atoms with Crippen LogP contribution in [0.15, 0.2) is 24.3 Å². The fourth-order valence-corrected chi connectivity index (χ4v) is 2.58. The highest BCUT2D eigenvalue weighted by molar-refractivity contribution is 5.82. The number of carbonyl (C=O) groups is 1. The first-order valence-electron chi connectivity index (χ1n) is 6.73. The van der Waals surface area contributed by atoms with Gasteiger partial charge in [0.05, 0.1) is 6.04 Å². The lowest BCUT2D eigenvalue weighted by atomic mass is 10.0. The highest BCUT2D eigenvalue weighted by Crippen LogP contribution is 2.14. The highest BCUT2D eigenvalue weighted by Gasteiger charge is 2.26. The Labute approximate surface area is 109 Å². The van der Waals surface area contributed by atoms with Crippen LogP contribution in [0.2, 0.25) is 0 Å². The van der Waals surface area contributed by atoms with E-state index >= 15 is 0 Å². The van der Waals surface area contributed by atoms with Gasteiger partial charge in [-0.05, 0) is 44.4 Å². The summed E-state index contributed by atoms with van der Waals surface area (Å²) in [4.78, 5) is 14.1. The largest absolute Gasteiger partial charge is 0.341 e. The average molecular weight is 246 g/mol. The van der Waals surface area contributed by atoms with E-state index in [1.54, 1.807) is 0 Å². The van der Waals surface area contributed by atoms with Crippen molar-refractivity contribution < 1.29 is 4.79 Å². The summed E-state index contributed by atoms with van der Waals surface area (Å²) < 4.78 is 0. The van der Waals surface area contributed by atoms with E-state index in [-0.39, 0.29) is 11.9 Å². The first kappa shape index (κ1) is 13.1. The Hall–Kier alpha value is -1.35. The lowest BCUT2D eigenvalue weighted by Crippen LogP contribution is -2.50. The first-order valence-corrected chi connectivity index (χ1v) is 6.73. The second-order valence-electron chi connectivity index (χ2n) is 4.99. The molecule has 0 saturated carbocycles. The van der Waals surface area contributed by atoms with Crippen LogP contribution in [0, 0.1) is 6.92 Å². The van der Waals surface area contributed by atoms with Crippen LogP contribution in [-0.4, -0.2) is 37.0 Å². The summed E-state index contributed by atoms with van der Waals surface area (Å²) in [7, 11) is 1.87. The van der Waals surface area contributed by atoms with E-state index in [4.69, 9.17) is 0 Å². The maximum atomic E-state index is 12.1. The fourth-order valence-electron chi connectivity index (χ4n) is 2.58. The van der Waals surface area contributed by atoms with Gasteiger partial charge in [0.25, 0.3) is 0 Å². The van der Waals surface area contributed by atoms with Crippen molar-refractivity contribution >= 4 is 5.91 Å². The number of amides is 1. The van der Waals surface area contributed by atoms with E-state index in [0.717, 1.165) is 32.4 Å². The molecule has 1 fully saturated rings. The zero-order valence-corrected chi connectivity index (χ0v) is 11.3. The highest BCUT2D eigenvalue weighted by atomic mass is 16.2. The third kappa shape index (κ3) is 2.91. The summed E-state index contributed by atoms with van der Waals surface area (Å²) in [6, 6.07) is 8.43. The van der Waals surface area contributed by atoms with Gasteiger partial charge >= 0.3 is 0 Å². The van der Waals surface area contributed by atoms with Crippen LogP contribution in [0.4, 0.5) is 0 Å². The van der Waals surface area contributed by atoms with Gasteiger partial charge in [-0.1, -0.05) is 24.3 Å². The minimum Gasteiger partial charge on any atom is -0.341 e. The third-order valence-corrected chi connectivity index (χ3v) is 3.79. The van der Waals surface area contributed by atoms with Gasteiger partial charge in [0.2, 0.25) is 5.91 Å². The van der Waals surface area contributed by atoms with Crippen LogP contribution < -0.4 is 5.32 Å². The number of benzene rings is 1. The van der Waals surface area contributed by atoms with Crippen molar-refractivity contribution in [2.75, 3.05) is 20.1 Å². The predicted octanol–water partition coefficient (Wildman–Crippen LogP) is 1.75. The molecule has 0 aliphatic carbocycles. The molecule has 0 bridgehead atoms. The molecule has 1 aliphatic rings. The molecule has 1 atom stereocenters. The van der Waals surface area contributed by atoms with Gasteiger partial charge in [-0.25, -0.2) is 0 Å². The molecule has 3 nitrogen and oxygen atoms in total. The second kappa shape index (κ2) is 6.01. The van der Waals surface area contributed by atoms with E-state index in [1.807, 2.05) is 11.9 Å². The van der Waals surface area contributed by atoms with Gasteiger partial charge in [0.15, 0.2) is 0 Å². The second-order valence-corrected chi connectivity index (χ2v) is 4.99. The quantitative estimate of drug-likeness (QED) is 0.878. The molecule has 2 rings (SSSR count). The van der Waals surface area contributed by atoms with Gasteiger partial charge in [-0.3, -0.25) is 4.79 Å². The standard InChI is InChI=1S/C15H22N2O/c1-12-6-3-4-7-13(12)9-11-17-10-5-8-14(16-2)15(17)18/h3-4,6-7,14,16H,5,8-11H2,1-2H3. The van der Waals surface area contributed by atoms with E-state index in [9.17, 15) is 4.79 Å². The SMILES string of the molecule is CNC1CCCN(CCc2ccccc2C)C1=O. The van der Waals surface area contributed by atoms with Crippen LogP contribution >= 0.6 is 0 Å². The topological polar surface area (TPSA) is 32.3 Å². The number of aryl methyl sites for hydroxylation is 1. The van der Waals surface area contributed by atoms with E-state index < -0.39 is 0 Å². The van der Waals surface area contributed by atoms with E-state index in [0.29, 0.717) is 0 Å². The number of likely N-dealkylation sites (tertiary alicyclic amines) is 1. The van der Waals surface area contributed by atoms with Gasteiger partial charge < -0.3 is 10.2 Å². The molecular formula is C15H22N2O. The van der Waals surface area contributed by atoms with Crippen molar-refractivity contribution in [1.29, 1.82) is 0 Å². The number of nitrogens with one attached hydrogen (secondary N) is 1. The Balaban J connectivity index is 1.94. The summed E-state index contributed by atoms with van der Waals surface area (Å²) in [5.41, 5.74) is 2.66. The summed E-state index contributed by atoms with van der Waals surface area (Å²) in [5.74, 6) is 0.261. The molecule has 1 aromatic rings. The number of hydrogen-bond acceptors (Lipinski definition) is 2. The number of piperidine rings is 1. The van der Waals surface area contributed by atoms with E-state index in [1.165, 1.54) is 11.1 Å². The molecule has 3 heteroatoms. The van der Waals surface area contributed by atoms with Gasteiger partial charge in [0.1, 0.15) is 0 Å². The van der Waals surface area contributed by atoms with E-state index in [2.05, 4.69) is 36.5 Å². The minimum absolute atomic E-state index is 0.0237. The van der Waals surface area contributed by atoms with Crippen molar-refractivity contribution in [3.8, 4) is 0 Å². The Bertz CT molecular complexity index is 417. The number of carbonyl (C=O) groups excluding carboxylic acids is 1. The molecule has 18 heavy (non-hydrogen) atoms. The maximum Gasteiger partial charge on any atom is 0.239 e.